The Balaban J connectivity index is 1.55. The molecule has 0 radical (unpaired) electrons. The second kappa shape index (κ2) is 5.53. The Morgan fingerprint density at radius 3 is 3.13 bits per heavy atom. The first-order valence-corrected chi connectivity index (χ1v) is 7.92. The van der Waals surface area contributed by atoms with Gasteiger partial charge in [0.25, 0.3) is 5.91 Å². The number of aryl methyl sites for hydroxylation is 1. The van der Waals surface area contributed by atoms with Gasteiger partial charge in [0.2, 0.25) is 0 Å². The molecule has 0 aliphatic carbocycles. The lowest BCUT2D eigenvalue weighted by atomic mass is 9.94. The van der Waals surface area contributed by atoms with Gasteiger partial charge in [0.15, 0.2) is 0 Å². The number of aromatic nitrogens is 4. The van der Waals surface area contributed by atoms with Crippen LogP contribution in [-0.4, -0.2) is 43.6 Å². The van der Waals surface area contributed by atoms with Gasteiger partial charge >= 0.3 is 0 Å². The molecule has 3 aromatic heterocycles. The van der Waals surface area contributed by atoms with Gasteiger partial charge in [-0.1, -0.05) is 0 Å². The molecule has 1 fully saturated rings. The second-order valence-electron chi connectivity index (χ2n) is 6.16. The van der Waals surface area contributed by atoms with Crippen molar-refractivity contribution in [1.82, 2.24) is 24.6 Å². The number of nitrogens with one attached hydrogen (secondary N) is 1. The molecule has 1 saturated heterocycles. The average molecular weight is 309 g/mol. The van der Waals surface area contributed by atoms with E-state index in [2.05, 4.69) is 27.2 Å². The normalized spacial score (nSPS) is 18.5. The molecule has 0 spiro atoms. The molecular formula is C17H19N5O. The number of carbonyl (C=O) groups excluding carboxylic acids is 1. The van der Waals surface area contributed by atoms with E-state index in [0.29, 0.717) is 11.5 Å². The molecule has 23 heavy (non-hydrogen) atoms. The topological polar surface area (TPSA) is 66.8 Å². The first-order chi connectivity index (χ1) is 11.2. The maximum atomic E-state index is 12.6. The Labute approximate surface area is 134 Å². The van der Waals surface area contributed by atoms with Crippen LogP contribution in [0, 0.1) is 0 Å². The number of fused-ring (bicyclic) bond motifs is 1. The smallest absolute Gasteiger partial charge is 0.257 e. The molecule has 118 valence electrons. The van der Waals surface area contributed by atoms with Gasteiger partial charge in [0.05, 0.1) is 11.8 Å². The summed E-state index contributed by atoms with van der Waals surface area (Å²) in [4.78, 5) is 22.3. The third kappa shape index (κ3) is 2.60. The quantitative estimate of drug-likeness (QED) is 0.790. The monoisotopic (exact) mass is 309 g/mol. The van der Waals surface area contributed by atoms with Crippen LogP contribution in [0.1, 0.15) is 34.8 Å². The molecular weight excluding hydrogens is 290 g/mol. The van der Waals surface area contributed by atoms with Gasteiger partial charge in [-0.2, -0.15) is 5.10 Å². The van der Waals surface area contributed by atoms with Gasteiger partial charge in [-0.3, -0.25) is 9.48 Å². The van der Waals surface area contributed by atoms with Crippen molar-refractivity contribution >= 4 is 16.9 Å². The molecule has 0 saturated carbocycles. The number of carbonyl (C=O) groups is 1. The van der Waals surface area contributed by atoms with Crippen molar-refractivity contribution in [1.29, 1.82) is 0 Å². The SMILES string of the molecule is Cn1cc(C(=O)N2CCC[C@H](c3cc4cccnc4[nH]3)C2)cn1. The van der Waals surface area contributed by atoms with Gasteiger partial charge in [0.1, 0.15) is 5.65 Å². The Bertz CT molecular complexity index is 816. The van der Waals surface area contributed by atoms with Crippen LogP contribution in [0.2, 0.25) is 0 Å². The Hall–Kier alpha value is -2.63. The van der Waals surface area contributed by atoms with Gasteiger partial charge < -0.3 is 9.88 Å². The number of piperidine rings is 1. The van der Waals surface area contributed by atoms with E-state index >= 15 is 0 Å². The van der Waals surface area contributed by atoms with Crippen LogP contribution in [0.4, 0.5) is 0 Å². The molecule has 3 aromatic rings. The molecule has 0 unspecified atom stereocenters. The van der Waals surface area contributed by atoms with Crippen molar-refractivity contribution in [2.24, 2.45) is 7.05 Å². The van der Waals surface area contributed by atoms with E-state index in [1.165, 1.54) is 5.69 Å². The van der Waals surface area contributed by atoms with Crippen LogP contribution in [0.3, 0.4) is 0 Å². The summed E-state index contributed by atoms with van der Waals surface area (Å²) < 4.78 is 1.66. The summed E-state index contributed by atoms with van der Waals surface area (Å²) >= 11 is 0. The van der Waals surface area contributed by atoms with E-state index in [1.54, 1.807) is 23.3 Å². The molecule has 1 N–H and O–H groups in total. The highest BCUT2D eigenvalue weighted by atomic mass is 16.2. The standard InChI is InChI=1S/C17H19N5O/c1-21-10-14(9-19-21)17(23)22-7-3-5-13(11-22)15-8-12-4-2-6-18-16(12)20-15/h2,4,6,8-10,13H,3,5,7,11H2,1H3,(H,18,20)/t13-/m0/s1. The number of pyridine rings is 1. The van der Waals surface area contributed by atoms with Gasteiger partial charge in [-0.25, -0.2) is 4.98 Å². The van der Waals surface area contributed by atoms with Crippen molar-refractivity contribution in [2.45, 2.75) is 18.8 Å². The number of aromatic amines is 1. The summed E-state index contributed by atoms with van der Waals surface area (Å²) in [5.74, 6) is 0.399. The minimum absolute atomic E-state index is 0.0667. The van der Waals surface area contributed by atoms with E-state index in [9.17, 15) is 4.79 Å². The first-order valence-electron chi connectivity index (χ1n) is 7.92. The lowest BCUT2D eigenvalue weighted by Crippen LogP contribution is -2.39. The number of likely N-dealkylation sites (tertiary alicyclic amines) is 1. The van der Waals surface area contributed by atoms with Crippen molar-refractivity contribution in [2.75, 3.05) is 13.1 Å². The van der Waals surface area contributed by atoms with Gasteiger partial charge in [-0.05, 0) is 31.0 Å². The van der Waals surface area contributed by atoms with Crippen molar-refractivity contribution in [3.05, 3.63) is 48.0 Å². The van der Waals surface area contributed by atoms with E-state index < -0.39 is 0 Å². The minimum atomic E-state index is 0.0667. The Morgan fingerprint density at radius 2 is 2.35 bits per heavy atom. The number of amides is 1. The third-order valence-electron chi connectivity index (χ3n) is 4.51. The summed E-state index contributed by atoms with van der Waals surface area (Å²) in [6, 6.07) is 6.16. The van der Waals surface area contributed by atoms with Crippen molar-refractivity contribution < 1.29 is 4.79 Å². The number of hydrogen-bond donors (Lipinski definition) is 1. The molecule has 6 heteroatoms. The Morgan fingerprint density at radius 1 is 1.43 bits per heavy atom. The first kappa shape index (κ1) is 14.0. The third-order valence-corrected chi connectivity index (χ3v) is 4.51. The van der Waals surface area contributed by atoms with Crippen LogP contribution < -0.4 is 0 Å². The second-order valence-corrected chi connectivity index (χ2v) is 6.16. The molecule has 1 amide bonds. The largest absolute Gasteiger partial charge is 0.343 e. The van der Waals surface area contributed by atoms with E-state index in [1.807, 2.05) is 18.0 Å². The van der Waals surface area contributed by atoms with Crippen LogP contribution in [0.25, 0.3) is 11.0 Å². The predicted octanol–water partition coefficient (Wildman–Crippen LogP) is 2.32. The number of H-pyrrole nitrogens is 1. The summed E-state index contributed by atoms with van der Waals surface area (Å²) in [5, 5.41) is 5.22. The molecule has 4 rings (SSSR count). The Kier molecular flexibility index (Phi) is 3.37. The number of rotatable bonds is 2. The fourth-order valence-corrected chi connectivity index (χ4v) is 3.33. The summed E-state index contributed by atoms with van der Waals surface area (Å²) in [7, 11) is 1.83. The molecule has 6 nitrogen and oxygen atoms in total. The van der Waals surface area contributed by atoms with Crippen molar-refractivity contribution in [3.8, 4) is 0 Å². The van der Waals surface area contributed by atoms with Gasteiger partial charge in [-0.15, -0.1) is 0 Å². The van der Waals surface area contributed by atoms with Crippen LogP contribution >= 0.6 is 0 Å². The average Bonchev–Trinajstić information content (AvgIpc) is 3.20. The lowest BCUT2D eigenvalue weighted by molar-refractivity contribution is 0.0706. The molecule has 0 aromatic carbocycles. The number of nitrogens with zero attached hydrogens (tertiary/aromatic N) is 4. The highest BCUT2D eigenvalue weighted by molar-refractivity contribution is 5.93. The molecule has 1 aliphatic rings. The highest BCUT2D eigenvalue weighted by Crippen LogP contribution is 2.29. The summed E-state index contributed by atoms with van der Waals surface area (Å²) in [5.41, 5.74) is 2.74. The summed E-state index contributed by atoms with van der Waals surface area (Å²) in [6.07, 6.45) is 7.31. The summed E-state index contributed by atoms with van der Waals surface area (Å²) in [6.45, 7) is 1.54. The molecule has 0 bridgehead atoms. The zero-order valence-electron chi connectivity index (χ0n) is 13.1. The number of hydrogen-bond acceptors (Lipinski definition) is 3. The van der Waals surface area contributed by atoms with Crippen LogP contribution in [0.5, 0.6) is 0 Å². The predicted molar refractivity (Wildman–Crippen MR) is 87.2 cm³/mol. The fourth-order valence-electron chi connectivity index (χ4n) is 3.33. The zero-order chi connectivity index (χ0) is 15.8. The van der Waals surface area contributed by atoms with E-state index in [4.69, 9.17) is 0 Å². The fraction of sp³-hybridized carbons (Fsp3) is 0.353. The highest BCUT2D eigenvalue weighted by Gasteiger charge is 2.27. The maximum Gasteiger partial charge on any atom is 0.257 e. The molecule has 1 aliphatic heterocycles. The van der Waals surface area contributed by atoms with Gasteiger partial charge in [0, 0.05) is 49.5 Å². The minimum Gasteiger partial charge on any atom is -0.343 e. The van der Waals surface area contributed by atoms with E-state index in [-0.39, 0.29) is 5.91 Å². The van der Waals surface area contributed by atoms with E-state index in [0.717, 1.165) is 37.0 Å². The lowest BCUT2D eigenvalue weighted by Gasteiger charge is -2.32. The molecule has 1 atom stereocenters. The molecule has 4 heterocycles. The van der Waals surface area contributed by atoms with Crippen molar-refractivity contribution in [3.63, 3.8) is 0 Å². The zero-order valence-corrected chi connectivity index (χ0v) is 13.1. The maximum absolute atomic E-state index is 12.6. The van der Waals surface area contributed by atoms with Crippen LogP contribution in [0.15, 0.2) is 36.8 Å². The van der Waals surface area contributed by atoms with Crippen LogP contribution in [-0.2, 0) is 7.05 Å².